The maximum absolute atomic E-state index is 5.54. The van der Waals surface area contributed by atoms with Gasteiger partial charge in [-0.25, -0.2) is 0 Å². The zero-order valence-electron chi connectivity index (χ0n) is 10.8. The molecule has 1 unspecified atom stereocenters. The van der Waals surface area contributed by atoms with Crippen molar-refractivity contribution in [3.63, 3.8) is 0 Å². The Morgan fingerprint density at radius 2 is 2.12 bits per heavy atom. The van der Waals surface area contributed by atoms with Gasteiger partial charge in [0, 0.05) is 6.61 Å². The first kappa shape index (κ1) is 14.2. The molecule has 0 aromatic heterocycles. The minimum Gasteiger partial charge on any atom is -0.359 e. The number of hydrogen-bond donors (Lipinski definition) is 0. The first-order chi connectivity index (χ1) is 8.14. The van der Waals surface area contributed by atoms with Gasteiger partial charge in [0.05, 0.1) is 13.2 Å². The fourth-order valence-electron chi connectivity index (χ4n) is 1.44. The van der Waals surface area contributed by atoms with Crippen LogP contribution >= 0.6 is 0 Å². The Hall–Kier alpha value is -0.820. The van der Waals surface area contributed by atoms with E-state index in [4.69, 9.17) is 20.6 Å². The third-order valence-corrected chi connectivity index (χ3v) is 2.57. The lowest BCUT2D eigenvalue weighted by Crippen LogP contribution is -2.22. The van der Waals surface area contributed by atoms with E-state index in [0.29, 0.717) is 13.2 Å². The molecule has 1 saturated heterocycles. The number of rotatable bonds is 6. The maximum atomic E-state index is 5.54. The Labute approximate surface area is 104 Å². The highest BCUT2D eigenvalue weighted by Crippen LogP contribution is 2.13. The predicted octanol–water partition coefficient (Wildman–Crippen LogP) is 2.51. The monoisotopic (exact) mass is 238 g/mol. The van der Waals surface area contributed by atoms with E-state index in [2.05, 4.69) is 5.92 Å². The van der Waals surface area contributed by atoms with Crippen LogP contribution in [0.1, 0.15) is 33.1 Å². The van der Waals surface area contributed by atoms with Crippen LogP contribution in [0.25, 0.3) is 0 Å². The summed E-state index contributed by atoms with van der Waals surface area (Å²) in [6.07, 6.45) is 12.5. The van der Waals surface area contributed by atoms with Crippen LogP contribution in [0.4, 0.5) is 0 Å². The van der Waals surface area contributed by atoms with Crippen molar-refractivity contribution >= 4 is 0 Å². The van der Waals surface area contributed by atoms with Gasteiger partial charge in [0.15, 0.2) is 6.29 Å². The summed E-state index contributed by atoms with van der Waals surface area (Å²) >= 11 is 0. The topological polar surface area (TPSA) is 27.7 Å². The summed E-state index contributed by atoms with van der Waals surface area (Å²) in [5.41, 5.74) is -0.502. The van der Waals surface area contributed by atoms with Gasteiger partial charge in [-0.05, 0) is 33.1 Å². The molecule has 1 aliphatic heterocycles. The third-order valence-electron chi connectivity index (χ3n) is 2.57. The van der Waals surface area contributed by atoms with Crippen LogP contribution in [0, 0.1) is 12.3 Å². The number of terminal acetylenes is 1. The lowest BCUT2D eigenvalue weighted by Gasteiger charge is -2.22. The molecule has 0 bridgehead atoms. The first-order valence-electron chi connectivity index (χ1n) is 6.14. The molecule has 1 fully saturated rings. The summed E-state index contributed by atoms with van der Waals surface area (Å²) in [5, 5.41) is 0. The Bertz CT molecular complexity index is 270. The average Bonchev–Trinajstić information content (AvgIpc) is 2.35. The second-order valence-corrected chi connectivity index (χ2v) is 4.57. The van der Waals surface area contributed by atoms with Gasteiger partial charge < -0.3 is 14.2 Å². The van der Waals surface area contributed by atoms with Gasteiger partial charge in [-0.15, -0.1) is 6.42 Å². The molecule has 0 amide bonds. The van der Waals surface area contributed by atoms with Crippen LogP contribution in [-0.4, -0.2) is 31.7 Å². The van der Waals surface area contributed by atoms with Crippen molar-refractivity contribution in [2.24, 2.45) is 0 Å². The third kappa shape index (κ3) is 6.48. The van der Waals surface area contributed by atoms with Gasteiger partial charge >= 0.3 is 0 Å². The van der Waals surface area contributed by atoms with Crippen molar-refractivity contribution in [2.75, 3.05) is 19.8 Å². The Kier molecular flexibility index (Phi) is 6.28. The molecule has 0 spiro atoms. The molecular weight excluding hydrogens is 216 g/mol. The number of ether oxygens (including phenoxy) is 3. The highest BCUT2D eigenvalue weighted by atomic mass is 16.7. The van der Waals surface area contributed by atoms with E-state index in [9.17, 15) is 0 Å². The summed E-state index contributed by atoms with van der Waals surface area (Å²) in [6, 6.07) is 0. The molecule has 1 heterocycles. The van der Waals surface area contributed by atoms with Gasteiger partial charge in [-0.1, -0.05) is 18.1 Å². The highest BCUT2D eigenvalue weighted by Gasteiger charge is 2.13. The van der Waals surface area contributed by atoms with E-state index < -0.39 is 5.60 Å². The molecule has 17 heavy (non-hydrogen) atoms. The zero-order chi connectivity index (χ0) is 12.6. The normalized spacial score (nSPS) is 21.6. The van der Waals surface area contributed by atoms with Crippen molar-refractivity contribution in [1.29, 1.82) is 0 Å². The molecular formula is C14H22O3. The minimum atomic E-state index is -0.502. The molecule has 1 aliphatic rings. The molecule has 96 valence electrons. The van der Waals surface area contributed by atoms with E-state index in [1.807, 2.05) is 26.0 Å². The molecule has 0 aromatic carbocycles. The summed E-state index contributed by atoms with van der Waals surface area (Å²) in [5.74, 6) is 2.58. The van der Waals surface area contributed by atoms with E-state index in [-0.39, 0.29) is 6.29 Å². The second-order valence-electron chi connectivity index (χ2n) is 4.57. The van der Waals surface area contributed by atoms with Crippen molar-refractivity contribution < 1.29 is 14.2 Å². The summed E-state index contributed by atoms with van der Waals surface area (Å²) in [4.78, 5) is 0. The van der Waals surface area contributed by atoms with Crippen LogP contribution in [0.2, 0.25) is 0 Å². The SMILES string of the molecule is C#CC(C)(C)OC/C=C\COC1CCCCO1. The van der Waals surface area contributed by atoms with Crippen molar-refractivity contribution in [1.82, 2.24) is 0 Å². The molecule has 3 nitrogen and oxygen atoms in total. The largest absolute Gasteiger partial charge is 0.359 e. The van der Waals surface area contributed by atoms with Gasteiger partial charge in [0.1, 0.15) is 5.60 Å². The van der Waals surface area contributed by atoms with E-state index in [1.54, 1.807) is 0 Å². The quantitative estimate of drug-likeness (QED) is 0.525. The Morgan fingerprint density at radius 3 is 2.76 bits per heavy atom. The van der Waals surface area contributed by atoms with Gasteiger partial charge in [0.2, 0.25) is 0 Å². The van der Waals surface area contributed by atoms with E-state index in [0.717, 1.165) is 19.4 Å². The predicted molar refractivity (Wildman–Crippen MR) is 67.5 cm³/mol. The van der Waals surface area contributed by atoms with Crippen LogP contribution in [0.5, 0.6) is 0 Å². The summed E-state index contributed by atoms with van der Waals surface area (Å²) < 4.78 is 16.4. The van der Waals surface area contributed by atoms with Crippen molar-refractivity contribution in [2.45, 2.75) is 45.0 Å². The van der Waals surface area contributed by atoms with E-state index >= 15 is 0 Å². The van der Waals surface area contributed by atoms with Crippen molar-refractivity contribution in [3.05, 3.63) is 12.2 Å². The van der Waals surface area contributed by atoms with Crippen molar-refractivity contribution in [3.8, 4) is 12.3 Å². The number of hydrogen-bond acceptors (Lipinski definition) is 3. The Morgan fingerprint density at radius 1 is 1.35 bits per heavy atom. The van der Waals surface area contributed by atoms with Gasteiger partial charge in [-0.2, -0.15) is 0 Å². The second kappa shape index (κ2) is 7.50. The average molecular weight is 238 g/mol. The Balaban J connectivity index is 2.04. The fourth-order valence-corrected chi connectivity index (χ4v) is 1.44. The molecule has 1 rings (SSSR count). The van der Waals surface area contributed by atoms with Crippen LogP contribution in [0.15, 0.2) is 12.2 Å². The molecule has 0 aromatic rings. The minimum absolute atomic E-state index is 0.0310. The zero-order valence-corrected chi connectivity index (χ0v) is 10.8. The fraction of sp³-hybridized carbons (Fsp3) is 0.714. The highest BCUT2D eigenvalue weighted by molar-refractivity contribution is 5.03. The molecule has 0 N–H and O–H groups in total. The molecule has 0 saturated carbocycles. The maximum Gasteiger partial charge on any atom is 0.157 e. The molecule has 3 heteroatoms. The smallest absolute Gasteiger partial charge is 0.157 e. The van der Waals surface area contributed by atoms with Crippen LogP contribution in [0.3, 0.4) is 0 Å². The molecule has 0 radical (unpaired) electrons. The van der Waals surface area contributed by atoms with Crippen LogP contribution in [-0.2, 0) is 14.2 Å². The lowest BCUT2D eigenvalue weighted by molar-refractivity contribution is -0.155. The summed E-state index contributed by atoms with van der Waals surface area (Å²) in [7, 11) is 0. The summed E-state index contributed by atoms with van der Waals surface area (Å²) in [6.45, 7) is 5.62. The van der Waals surface area contributed by atoms with Gasteiger partial charge in [0.25, 0.3) is 0 Å². The van der Waals surface area contributed by atoms with Crippen LogP contribution < -0.4 is 0 Å². The first-order valence-corrected chi connectivity index (χ1v) is 6.14. The molecule has 0 aliphatic carbocycles. The standard InChI is InChI=1S/C14H22O3/c1-4-14(2,3)17-12-8-7-11-16-13-9-5-6-10-15-13/h1,7-8,13H,5-6,9-12H2,2-3H3/b8-7-. The van der Waals surface area contributed by atoms with E-state index in [1.165, 1.54) is 6.42 Å². The van der Waals surface area contributed by atoms with Gasteiger partial charge in [-0.3, -0.25) is 0 Å². The molecule has 1 atom stereocenters. The lowest BCUT2D eigenvalue weighted by atomic mass is 10.1.